The summed E-state index contributed by atoms with van der Waals surface area (Å²) >= 11 is 0. The third-order valence-electron chi connectivity index (χ3n) is 5.91. The van der Waals surface area contributed by atoms with E-state index in [1.165, 1.54) is 6.92 Å². The zero-order valence-corrected chi connectivity index (χ0v) is 18.0. The highest BCUT2D eigenvalue weighted by Gasteiger charge is 2.50. The Morgan fingerprint density at radius 2 is 1.78 bits per heavy atom. The number of hydrogen-bond donors (Lipinski definition) is 1. The van der Waals surface area contributed by atoms with E-state index in [1.807, 2.05) is 30.3 Å². The average molecular weight is 443 g/mol. The molecule has 2 fully saturated rings. The maximum absolute atomic E-state index is 14.2. The Morgan fingerprint density at radius 1 is 1.09 bits per heavy atom. The van der Waals surface area contributed by atoms with Gasteiger partial charge in [0.25, 0.3) is 11.8 Å². The quantitative estimate of drug-likeness (QED) is 0.713. The van der Waals surface area contributed by atoms with Gasteiger partial charge in [0.15, 0.2) is 0 Å². The third-order valence-corrected chi connectivity index (χ3v) is 5.91. The molecule has 0 unspecified atom stereocenters. The lowest BCUT2D eigenvalue weighted by molar-refractivity contribution is -0.114. The molecule has 2 aliphatic heterocycles. The molecule has 2 aromatic carbocycles. The number of amides is 2. The van der Waals surface area contributed by atoms with E-state index in [2.05, 4.69) is 5.32 Å². The first-order valence-corrected chi connectivity index (χ1v) is 10.7. The molecule has 1 atom stereocenters. The van der Waals surface area contributed by atoms with Gasteiger partial charge >= 0.3 is 0 Å². The first kappa shape index (κ1) is 22.4. The Balaban J connectivity index is 1.30. The number of likely N-dealkylation sites (tertiary alicyclic amines) is 2. The first-order valence-electron chi connectivity index (χ1n) is 10.7. The number of nitrogens with zero attached hydrogens (tertiary/aromatic N) is 2. The van der Waals surface area contributed by atoms with Gasteiger partial charge in [-0.1, -0.05) is 30.3 Å². The Bertz CT molecular complexity index is 947. The molecule has 1 N–H and O–H groups in total. The Labute approximate surface area is 186 Å². The minimum Gasteiger partial charge on any atom is -0.375 e. The summed E-state index contributed by atoms with van der Waals surface area (Å²) < 4.78 is 34.1. The number of carbonyl (C=O) groups is 2. The molecule has 8 heteroatoms. The number of ether oxygens (including phenoxy) is 1. The maximum atomic E-state index is 14.2. The minimum absolute atomic E-state index is 0.101. The number of carbonyl (C=O) groups excluding carboxylic acids is 2. The van der Waals surface area contributed by atoms with Crippen LogP contribution in [0.1, 0.15) is 29.3 Å². The summed E-state index contributed by atoms with van der Waals surface area (Å²) in [6, 6.07) is 15.8. The number of alkyl halides is 2. The highest BCUT2D eigenvalue weighted by atomic mass is 19.3. The van der Waals surface area contributed by atoms with Crippen LogP contribution in [0.2, 0.25) is 0 Å². The number of halogens is 2. The van der Waals surface area contributed by atoms with Gasteiger partial charge in [-0.3, -0.25) is 14.5 Å². The van der Waals surface area contributed by atoms with Crippen LogP contribution >= 0.6 is 0 Å². The molecular formula is C24H27F2N3O3. The van der Waals surface area contributed by atoms with Gasteiger partial charge in [-0.05, 0) is 29.8 Å². The summed E-state index contributed by atoms with van der Waals surface area (Å²) in [6.07, 6.45) is -0.225. The second kappa shape index (κ2) is 9.34. The molecule has 2 saturated heterocycles. The van der Waals surface area contributed by atoms with E-state index in [4.69, 9.17) is 4.74 Å². The Morgan fingerprint density at radius 3 is 2.44 bits per heavy atom. The minimum atomic E-state index is -2.75. The smallest absolute Gasteiger partial charge is 0.262 e. The number of anilines is 1. The zero-order valence-electron chi connectivity index (χ0n) is 18.0. The second-order valence-corrected chi connectivity index (χ2v) is 8.51. The number of rotatable bonds is 7. The molecule has 4 rings (SSSR count). The molecular weight excluding hydrogens is 416 g/mol. The van der Waals surface area contributed by atoms with Crippen molar-refractivity contribution in [3.63, 3.8) is 0 Å². The van der Waals surface area contributed by atoms with Crippen molar-refractivity contribution >= 4 is 17.5 Å². The van der Waals surface area contributed by atoms with Crippen LogP contribution in [0.15, 0.2) is 54.6 Å². The van der Waals surface area contributed by atoms with Crippen LogP contribution in [-0.4, -0.2) is 65.9 Å². The molecule has 2 amide bonds. The van der Waals surface area contributed by atoms with Gasteiger partial charge in [-0.15, -0.1) is 0 Å². The van der Waals surface area contributed by atoms with E-state index in [9.17, 15) is 18.4 Å². The topological polar surface area (TPSA) is 61.9 Å². The molecule has 6 nitrogen and oxygen atoms in total. The second-order valence-electron chi connectivity index (χ2n) is 8.51. The lowest BCUT2D eigenvalue weighted by atomic mass is 10.0. The van der Waals surface area contributed by atoms with E-state index in [-0.39, 0.29) is 43.5 Å². The molecule has 0 aromatic heterocycles. The van der Waals surface area contributed by atoms with Crippen LogP contribution in [0.3, 0.4) is 0 Å². The van der Waals surface area contributed by atoms with Gasteiger partial charge in [-0.2, -0.15) is 0 Å². The van der Waals surface area contributed by atoms with Crippen molar-refractivity contribution < 1.29 is 23.1 Å². The molecule has 0 spiro atoms. The number of benzene rings is 2. The average Bonchev–Trinajstić information content (AvgIpc) is 3.02. The van der Waals surface area contributed by atoms with Crippen LogP contribution in [0.4, 0.5) is 14.5 Å². The van der Waals surface area contributed by atoms with Crippen LogP contribution < -0.4 is 5.32 Å². The maximum Gasteiger partial charge on any atom is 0.262 e. The van der Waals surface area contributed by atoms with Gasteiger partial charge < -0.3 is 15.0 Å². The summed E-state index contributed by atoms with van der Waals surface area (Å²) in [7, 11) is 0. The van der Waals surface area contributed by atoms with Crippen LogP contribution in [0.5, 0.6) is 0 Å². The standard InChI is InChI=1S/C24H27F2N3O3/c1-17(30)27-20-9-7-19(8-10-20)23(31)28-12-22(13-28)29-16-24(25,26)11-21(29)15-32-14-18-5-3-2-4-6-18/h2-10,21-22H,11-16H2,1H3,(H,27,30)/t21-/m0/s1. The molecule has 2 heterocycles. The van der Waals surface area contributed by atoms with E-state index in [0.29, 0.717) is 30.9 Å². The Hall–Kier alpha value is -2.84. The fourth-order valence-electron chi connectivity index (χ4n) is 4.30. The van der Waals surface area contributed by atoms with Gasteiger partial charge in [0.1, 0.15) is 0 Å². The van der Waals surface area contributed by atoms with Crippen molar-refractivity contribution in [2.24, 2.45) is 0 Å². The molecule has 32 heavy (non-hydrogen) atoms. The van der Waals surface area contributed by atoms with Crippen molar-refractivity contribution in [2.45, 2.75) is 38.0 Å². The van der Waals surface area contributed by atoms with Gasteiger partial charge in [0.05, 0.1) is 19.8 Å². The van der Waals surface area contributed by atoms with Crippen LogP contribution in [0, 0.1) is 0 Å². The lowest BCUT2D eigenvalue weighted by Gasteiger charge is -2.45. The highest BCUT2D eigenvalue weighted by Crippen LogP contribution is 2.36. The molecule has 0 radical (unpaired) electrons. The van der Waals surface area contributed by atoms with Crippen molar-refractivity contribution in [2.75, 3.05) is 31.6 Å². The van der Waals surface area contributed by atoms with Crippen LogP contribution in [0.25, 0.3) is 0 Å². The van der Waals surface area contributed by atoms with Crippen molar-refractivity contribution in [3.8, 4) is 0 Å². The van der Waals surface area contributed by atoms with Gasteiger partial charge in [0.2, 0.25) is 5.91 Å². The van der Waals surface area contributed by atoms with E-state index in [0.717, 1.165) is 5.56 Å². The zero-order chi connectivity index (χ0) is 22.7. The SMILES string of the molecule is CC(=O)Nc1ccc(C(=O)N2CC(N3CC(F)(F)C[C@H]3COCc3ccccc3)C2)cc1. The predicted octanol–water partition coefficient (Wildman–Crippen LogP) is 3.40. The molecule has 2 aromatic rings. The van der Waals surface area contributed by atoms with Crippen LogP contribution in [-0.2, 0) is 16.1 Å². The Kier molecular flexibility index (Phi) is 6.53. The van der Waals surface area contributed by atoms with Gasteiger partial charge in [0, 0.05) is 49.8 Å². The summed E-state index contributed by atoms with van der Waals surface area (Å²) in [5.74, 6) is -3.07. The molecule has 2 aliphatic rings. The molecule has 170 valence electrons. The monoisotopic (exact) mass is 443 g/mol. The third kappa shape index (κ3) is 5.31. The van der Waals surface area contributed by atoms with Crippen molar-refractivity contribution in [1.29, 1.82) is 0 Å². The fourth-order valence-corrected chi connectivity index (χ4v) is 4.30. The predicted molar refractivity (Wildman–Crippen MR) is 117 cm³/mol. The number of nitrogens with one attached hydrogen (secondary N) is 1. The molecule has 0 saturated carbocycles. The summed E-state index contributed by atoms with van der Waals surface area (Å²) in [5, 5.41) is 2.66. The van der Waals surface area contributed by atoms with E-state index in [1.54, 1.807) is 34.1 Å². The van der Waals surface area contributed by atoms with Gasteiger partial charge in [-0.25, -0.2) is 8.78 Å². The summed E-state index contributed by atoms with van der Waals surface area (Å²) in [4.78, 5) is 27.3. The summed E-state index contributed by atoms with van der Waals surface area (Å²) in [6.45, 7) is 2.57. The van der Waals surface area contributed by atoms with E-state index >= 15 is 0 Å². The fraction of sp³-hybridized carbons (Fsp3) is 0.417. The largest absolute Gasteiger partial charge is 0.375 e. The summed E-state index contributed by atoms with van der Waals surface area (Å²) in [5.41, 5.74) is 2.13. The lowest BCUT2D eigenvalue weighted by Crippen LogP contribution is -2.62. The normalized spacial score (nSPS) is 20.7. The highest BCUT2D eigenvalue weighted by molar-refractivity contribution is 5.96. The molecule has 0 bridgehead atoms. The van der Waals surface area contributed by atoms with Crippen molar-refractivity contribution in [1.82, 2.24) is 9.80 Å². The first-order chi connectivity index (χ1) is 15.3. The van der Waals surface area contributed by atoms with E-state index < -0.39 is 5.92 Å². The molecule has 0 aliphatic carbocycles. The van der Waals surface area contributed by atoms with Crippen molar-refractivity contribution in [3.05, 3.63) is 65.7 Å². The number of hydrogen-bond acceptors (Lipinski definition) is 4.